The SMILES string of the molecule is CCCCC1CCC(C2CCC(/C=C/c3ccc(OCC)c(F)c3Cl)CC2)CC1. The summed E-state index contributed by atoms with van der Waals surface area (Å²) in [6, 6.07) is 3.54. The standard InChI is InChI=1S/C26H38ClFO/c1-3-5-6-19-7-12-21(13-8-19)22-14-9-20(10-15-22)11-16-23-17-18-24(29-4-2)26(28)25(23)27/h11,16-22H,3-10,12-15H2,1-2H3/b16-11+. The van der Waals surface area contributed by atoms with E-state index < -0.39 is 5.82 Å². The molecule has 2 fully saturated rings. The van der Waals surface area contributed by atoms with E-state index in [1.165, 1.54) is 70.6 Å². The van der Waals surface area contributed by atoms with Crippen molar-refractivity contribution in [3.05, 3.63) is 34.6 Å². The topological polar surface area (TPSA) is 9.23 Å². The van der Waals surface area contributed by atoms with Crippen molar-refractivity contribution in [3.8, 4) is 5.75 Å². The average molecular weight is 421 g/mol. The second-order valence-electron chi connectivity index (χ2n) is 9.17. The van der Waals surface area contributed by atoms with Crippen molar-refractivity contribution < 1.29 is 9.13 Å². The Labute approximate surface area is 182 Å². The molecule has 0 saturated heterocycles. The molecule has 0 radical (unpaired) electrons. The molecule has 0 aromatic heterocycles. The summed E-state index contributed by atoms with van der Waals surface area (Å²) in [7, 11) is 0. The van der Waals surface area contributed by atoms with Gasteiger partial charge < -0.3 is 4.74 Å². The maximum absolute atomic E-state index is 14.3. The van der Waals surface area contributed by atoms with Crippen LogP contribution in [-0.4, -0.2) is 6.61 Å². The third kappa shape index (κ3) is 6.23. The Balaban J connectivity index is 1.46. The van der Waals surface area contributed by atoms with E-state index in [0.29, 0.717) is 12.5 Å². The van der Waals surface area contributed by atoms with Gasteiger partial charge >= 0.3 is 0 Å². The smallest absolute Gasteiger partial charge is 0.184 e. The number of unbranched alkanes of at least 4 members (excludes halogenated alkanes) is 1. The molecule has 0 spiro atoms. The van der Waals surface area contributed by atoms with E-state index in [-0.39, 0.29) is 10.8 Å². The van der Waals surface area contributed by atoms with Gasteiger partial charge in [0, 0.05) is 0 Å². The number of allylic oxidation sites excluding steroid dienone is 1. The number of benzene rings is 1. The van der Waals surface area contributed by atoms with Crippen molar-refractivity contribution in [1.82, 2.24) is 0 Å². The van der Waals surface area contributed by atoms with Gasteiger partial charge in [0.15, 0.2) is 11.6 Å². The Morgan fingerprint density at radius 1 is 1.00 bits per heavy atom. The molecule has 0 amide bonds. The highest BCUT2D eigenvalue weighted by Crippen LogP contribution is 2.42. The van der Waals surface area contributed by atoms with E-state index in [1.807, 2.05) is 19.1 Å². The highest BCUT2D eigenvalue weighted by atomic mass is 35.5. The van der Waals surface area contributed by atoms with E-state index in [1.54, 1.807) is 6.07 Å². The summed E-state index contributed by atoms with van der Waals surface area (Å²) >= 11 is 6.21. The molecule has 0 atom stereocenters. The van der Waals surface area contributed by atoms with Gasteiger partial charge in [-0.05, 0) is 86.8 Å². The zero-order valence-corrected chi connectivity index (χ0v) is 19.0. The van der Waals surface area contributed by atoms with Crippen molar-refractivity contribution >= 4 is 17.7 Å². The van der Waals surface area contributed by atoms with Gasteiger partial charge in [-0.25, -0.2) is 4.39 Å². The van der Waals surface area contributed by atoms with Gasteiger partial charge in [-0.15, -0.1) is 0 Å². The minimum atomic E-state index is -0.450. The van der Waals surface area contributed by atoms with Crippen LogP contribution in [0.1, 0.15) is 90.0 Å². The van der Waals surface area contributed by atoms with Crippen LogP contribution in [0.15, 0.2) is 18.2 Å². The number of hydrogen-bond acceptors (Lipinski definition) is 1. The Morgan fingerprint density at radius 3 is 2.28 bits per heavy atom. The summed E-state index contributed by atoms with van der Waals surface area (Å²) in [5, 5.41) is 0.167. The fourth-order valence-electron chi connectivity index (χ4n) is 5.43. The van der Waals surface area contributed by atoms with Crippen LogP contribution in [0.25, 0.3) is 6.08 Å². The summed E-state index contributed by atoms with van der Waals surface area (Å²) in [6.45, 7) is 4.58. The van der Waals surface area contributed by atoms with Gasteiger partial charge in [-0.3, -0.25) is 0 Å². The fraction of sp³-hybridized carbons (Fsp3) is 0.692. The maximum atomic E-state index is 14.3. The first kappa shape index (κ1) is 22.7. The Bertz CT molecular complexity index is 655. The molecule has 1 aromatic carbocycles. The maximum Gasteiger partial charge on any atom is 0.184 e. The lowest BCUT2D eigenvalue weighted by Gasteiger charge is -2.37. The molecule has 0 aliphatic heterocycles. The lowest BCUT2D eigenvalue weighted by Crippen LogP contribution is -2.25. The van der Waals surface area contributed by atoms with Crippen LogP contribution in [0.4, 0.5) is 4.39 Å². The highest BCUT2D eigenvalue weighted by molar-refractivity contribution is 6.32. The molecule has 0 unspecified atom stereocenters. The lowest BCUT2D eigenvalue weighted by molar-refractivity contribution is 0.152. The molecule has 3 heteroatoms. The fourth-order valence-corrected chi connectivity index (χ4v) is 5.65. The molecule has 0 N–H and O–H groups in total. The van der Waals surface area contributed by atoms with Crippen LogP contribution in [0.5, 0.6) is 5.75 Å². The third-order valence-electron chi connectivity index (χ3n) is 7.27. The van der Waals surface area contributed by atoms with Gasteiger partial charge in [-0.1, -0.05) is 62.8 Å². The zero-order chi connectivity index (χ0) is 20.6. The second kappa shape index (κ2) is 11.4. The molecule has 0 bridgehead atoms. The summed E-state index contributed by atoms with van der Waals surface area (Å²) in [6.07, 6.45) is 19.5. The van der Waals surface area contributed by atoms with Crippen LogP contribution in [-0.2, 0) is 0 Å². The highest BCUT2D eigenvalue weighted by Gasteiger charge is 2.30. The van der Waals surface area contributed by atoms with E-state index >= 15 is 0 Å². The van der Waals surface area contributed by atoms with E-state index in [2.05, 4.69) is 13.0 Å². The van der Waals surface area contributed by atoms with Gasteiger partial charge in [0.25, 0.3) is 0 Å². The Morgan fingerprint density at radius 2 is 1.66 bits per heavy atom. The predicted molar refractivity (Wildman–Crippen MR) is 122 cm³/mol. The zero-order valence-electron chi connectivity index (χ0n) is 18.3. The monoisotopic (exact) mass is 420 g/mol. The van der Waals surface area contributed by atoms with E-state index in [4.69, 9.17) is 16.3 Å². The minimum absolute atomic E-state index is 0.167. The van der Waals surface area contributed by atoms with Gasteiger partial charge in [0.1, 0.15) is 0 Å². The molecule has 29 heavy (non-hydrogen) atoms. The third-order valence-corrected chi connectivity index (χ3v) is 7.65. The largest absolute Gasteiger partial charge is 0.491 e. The van der Waals surface area contributed by atoms with Crippen LogP contribution in [0.2, 0.25) is 5.02 Å². The normalized spacial score (nSPS) is 28.0. The van der Waals surface area contributed by atoms with Crippen LogP contribution in [0.3, 0.4) is 0 Å². The lowest BCUT2D eigenvalue weighted by atomic mass is 9.68. The minimum Gasteiger partial charge on any atom is -0.491 e. The van der Waals surface area contributed by atoms with Crippen LogP contribution < -0.4 is 4.74 Å². The number of hydrogen-bond donors (Lipinski definition) is 0. The van der Waals surface area contributed by atoms with Gasteiger partial charge in [0.05, 0.1) is 11.6 Å². The summed E-state index contributed by atoms with van der Waals surface area (Å²) < 4.78 is 19.6. The summed E-state index contributed by atoms with van der Waals surface area (Å²) in [5.74, 6) is 3.28. The van der Waals surface area contributed by atoms with Crippen LogP contribution >= 0.6 is 11.6 Å². The molecule has 1 aromatic rings. The van der Waals surface area contributed by atoms with Crippen molar-refractivity contribution in [2.75, 3.05) is 6.61 Å². The first-order valence-corrected chi connectivity index (χ1v) is 12.3. The number of rotatable bonds is 8. The summed E-state index contributed by atoms with van der Waals surface area (Å²) in [5.41, 5.74) is 0.750. The van der Waals surface area contributed by atoms with E-state index in [9.17, 15) is 4.39 Å². The predicted octanol–water partition coefficient (Wildman–Crippen LogP) is 8.69. The van der Waals surface area contributed by atoms with Crippen molar-refractivity contribution in [2.24, 2.45) is 23.7 Å². The molecule has 2 aliphatic carbocycles. The molecular weight excluding hydrogens is 383 g/mol. The van der Waals surface area contributed by atoms with Crippen molar-refractivity contribution in [1.29, 1.82) is 0 Å². The van der Waals surface area contributed by atoms with Crippen LogP contribution in [0, 0.1) is 29.5 Å². The molecule has 3 rings (SSSR count). The molecule has 2 aliphatic rings. The molecule has 1 nitrogen and oxygen atoms in total. The molecule has 2 saturated carbocycles. The second-order valence-corrected chi connectivity index (χ2v) is 9.55. The first-order valence-electron chi connectivity index (χ1n) is 11.9. The Hall–Kier alpha value is -1.02. The Kier molecular flexibility index (Phi) is 8.90. The molecular formula is C26H38ClFO. The number of ether oxygens (including phenoxy) is 1. The quantitative estimate of drug-likeness (QED) is 0.408. The number of halogens is 2. The molecule has 0 heterocycles. The first-order chi connectivity index (χ1) is 14.1. The van der Waals surface area contributed by atoms with Crippen molar-refractivity contribution in [2.45, 2.75) is 84.5 Å². The average Bonchev–Trinajstić information content (AvgIpc) is 2.76. The van der Waals surface area contributed by atoms with E-state index in [0.717, 1.165) is 23.3 Å². The van der Waals surface area contributed by atoms with Gasteiger partial charge in [-0.2, -0.15) is 0 Å². The van der Waals surface area contributed by atoms with Gasteiger partial charge in [0.2, 0.25) is 0 Å². The summed E-state index contributed by atoms with van der Waals surface area (Å²) in [4.78, 5) is 0. The van der Waals surface area contributed by atoms with Crippen molar-refractivity contribution in [3.63, 3.8) is 0 Å². The molecule has 162 valence electrons.